The van der Waals surface area contributed by atoms with Gasteiger partial charge in [0.15, 0.2) is 0 Å². The van der Waals surface area contributed by atoms with Crippen molar-refractivity contribution in [2.24, 2.45) is 11.8 Å². The molecule has 0 N–H and O–H groups in total. The van der Waals surface area contributed by atoms with Crippen molar-refractivity contribution in [2.75, 3.05) is 0 Å². The van der Waals surface area contributed by atoms with Crippen molar-refractivity contribution in [3.63, 3.8) is 0 Å². The second-order valence-corrected chi connectivity index (χ2v) is 4.70. The van der Waals surface area contributed by atoms with E-state index in [1.54, 1.807) is 0 Å². The molecule has 2 atom stereocenters. The van der Waals surface area contributed by atoms with Crippen LogP contribution in [-0.4, -0.2) is 0 Å². The zero-order valence-corrected chi connectivity index (χ0v) is 9.45. The Morgan fingerprint density at radius 2 is 1.25 bits per heavy atom. The SMILES string of the molecule is N#CC1=C[C@@H]2CCCCCC[C@@H]2C=C1C#N. The predicted molar refractivity (Wildman–Crippen MR) is 62.1 cm³/mol. The van der Waals surface area contributed by atoms with Gasteiger partial charge in [0.05, 0.1) is 11.1 Å². The summed E-state index contributed by atoms with van der Waals surface area (Å²) in [5.41, 5.74) is 1.17. The fourth-order valence-corrected chi connectivity index (χ4v) is 2.76. The van der Waals surface area contributed by atoms with Gasteiger partial charge in [-0.25, -0.2) is 0 Å². The van der Waals surface area contributed by atoms with E-state index in [2.05, 4.69) is 12.1 Å². The summed E-state index contributed by atoms with van der Waals surface area (Å²) in [6.07, 6.45) is 11.6. The Kier molecular flexibility index (Phi) is 3.42. The van der Waals surface area contributed by atoms with Crippen LogP contribution in [0.5, 0.6) is 0 Å². The zero-order chi connectivity index (χ0) is 11.4. The van der Waals surface area contributed by atoms with Crippen LogP contribution in [0.1, 0.15) is 38.5 Å². The van der Waals surface area contributed by atoms with Gasteiger partial charge >= 0.3 is 0 Å². The number of rotatable bonds is 0. The van der Waals surface area contributed by atoms with E-state index in [9.17, 15) is 0 Å². The predicted octanol–water partition coefficient (Wildman–Crippen LogP) is 3.49. The molecule has 0 aromatic carbocycles. The van der Waals surface area contributed by atoms with Gasteiger partial charge in [0, 0.05) is 0 Å². The van der Waals surface area contributed by atoms with Crippen LogP contribution in [0.3, 0.4) is 0 Å². The molecule has 1 saturated carbocycles. The second-order valence-electron chi connectivity index (χ2n) is 4.70. The maximum Gasteiger partial charge on any atom is 0.100 e. The summed E-state index contributed by atoms with van der Waals surface area (Å²) < 4.78 is 0. The average Bonchev–Trinajstić information content (AvgIpc) is 2.29. The molecule has 0 unspecified atom stereocenters. The highest BCUT2D eigenvalue weighted by atomic mass is 14.3. The average molecular weight is 212 g/mol. The van der Waals surface area contributed by atoms with E-state index in [0.717, 1.165) is 0 Å². The Bertz CT molecular complexity index is 363. The molecule has 2 nitrogen and oxygen atoms in total. The smallest absolute Gasteiger partial charge is 0.100 e. The third kappa shape index (κ3) is 2.17. The Morgan fingerprint density at radius 1 is 0.812 bits per heavy atom. The number of fused-ring (bicyclic) bond motifs is 1. The van der Waals surface area contributed by atoms with Crippen molar-refractivity contribution in [2.45, 2.75) is 38.5 Å². The first kappa shape index (κ1) is 11.0. The van der Waals surface area contributed by atoms with Crippen LogP contribution in [0.15, 0.2) is 23.3 Å². The Balaban J connectivity index is 2.23. The molecule has 2 aliphatic rings. The fourth-order valence-electron chi connectivity index (χ4n) is 2.76. The number of nitriles is 2. The summed E-state index contributed by atoms with van der Waals surface area (Å²) in [4.78, 5) is 0. The van der Waals surface area contributed by atoms with E-state index in [0.29, 0.717) is 23.0 Å². The molecule has 1 fully saturated rings. The molecule has 0 radical (unpaired) electrons. The lowest BCUT2D eigenvalue weighted by molar-refractivity contribution is 0.356. The Hall–Kier alpha value is -1.54. The molecule has 0 spiro atoms. The van der Waals surface area contributed by atoms with Crippen LogP contribution in [0, 0.1) is 34.5 Å². The van der Waals surface area contributed by atoms with Gasteiger partial charge in [-0.3, -0.25) is 0 Å². The minimum atomic E-state index is 0.493. The number of nitrogens with zero attached hydrogens (tertiary/aromatic N) is 2. The van der Waals surface area contributed by atoms with Crippen molar-refractivity contribution < 1.29 is 0 Å². The van der Waals surface area contributed by atoms with E-state index in [-0.39, 0.29) is 0 Å². The van der Waals surface area contributed by atoms with Crippen molar-refractivity contribution in [3.05, 3.63) is 23.3 Å². The first-order valence-electron chi connectivity index (χ1n) is 6.09. The van der Waals surface area contributed by atoms with Crippen molar-refractivity contribution in [3.8, 4) is 12.1 Å². The van der Waals surface area contributed by atoms with Crippen LogP contribution >= 0.6 is 0 Å². The van der Waals surface area contributed by atoms with E-state index >= 15 is 0 Å². The molecule has 2 rings (SSSR count). The molecule has 0 aromatic heterocycles. The minimum absolute atomic E-state index is 0.493. The van der Waals surface area contributed by atoms with E-state index < -0.39 is 0 Å². The molecule has 16 heavy (non-hydrogen) atoms. The van der Waals surface area contributed by atoms with Crippen LogP contribution in [0.4, 0.5) is 0 Å². The van der Waals surface area contributed by atoms with Gasteiger partial charge < -0.3 is 0 Å². The molecule has 0 bridgehead atoms. The molecular formula is C14H16N2. The summed E-state index contributed by atoms with van der Waals surface area (Å²) >= 11 is 0. The number of allylic oxidation sites excluding steroid dienone is 4. The molecule has 2 heteroatoms. The largest absolute Gasteiger partial charge is 0.192 e. The van der Waals surface area contributed by atoms with Gasteiger partial charge in [-0.05, 0) is 24.7 Å². The summed E-state index contributed by atoms with van der Waals surface area (Å²) in [7, 11) is 0. The van der Waals surface area contributed by atoms with Gasteiger partial charge in [0.2, 0.25) is 0 Å². The monoisotopic (exact) mass is 212 g/mol. The van der Waals surface area contributed by atoms with Gasteiger partial charge in [-0.15, -0.1) is 0 Å². The lowest BCUT2D eigenvalue weighted by Gasteiger charge is -2.28. The topological polar surface area (TPSA) is 47.6 Å². The van der Waals surface area contributed by atoms with Gasteiger partial charge in [0.25, 0.3) is 0 Å². The van der Waals surface area contributed by atoms with Crippen LogP contribution < -0.4 is 0 Å². The first-order valence-corrected chi connectivity index (χ1v) is 6.09. The Morgan fingerprint density at radius 3 is 1.62 bits per heavy atom. The molecule has 0 heterocycles. The molecule has 0 aromatic rings. The molecule has 2 aliphatic carbocycles. The van der Waals surface area contributed by atoms with Crippen LogP contribution in [0.25, 0.3) is 0 Å². The lowest BCUT2D eigenvalue weighted by atomic mass is 9.76. The van der Waals surface area contributed by atoms with Crippen molar-refractivity contribution in [1.82, 2.24) is 0 Å². The van der Waals surface area contributed by atoms with Crippen molar-refractivity contribution >= 4 is 0 Å². The van der Waals surface area contributed by atoms with E-state index in [1.165, 1.54) is 38.5 Å². The molecule has 82 valence electrons. The highest BCUT2D eigenvalue weighted by molar-refractivity contribution is 5.52. The first-order chi connectivity index (χ1) is 7.85. The van der Waals surface area contributed by atoms with Gasteiger partial charge in [-0.1, -0.05) is 37.8 Å². The molecular weight excluding hydrogens is 196 g/mol. The maximum atomic E-state index is 9.00. The highest BCUT2D eigenvalue weighted by Crippen LogP contribution is 2.35. The highest BCUT2D eigenvalue weighted by Gasteiger charge is 2.25. The summed E-state index contributed by atoms with van der Waals surface area (Å²) in [6, 6.07) is 4.29. The van der Waals surface area contributed by atoms with Gasteiger partial charge in [-0.2, -0.15) is 10.5 Å². The zero-order valence-electron chi connectivity index (χ0n) is 9.45. The van der Waals surface area contributed by atoms with Crippen molar-refractivity contribution in [1.29, 1.82) is 10.5 Å². The normalized spacial score (nSPS) is 29.6. The third-order valence-corrected chi connectivity index (χ3v) is 3.67. The molecule has 0 saturated heterocycles. The molecule has 0 amide bonds. The Labute approximate surface area is 96.9 Å². The summed E-state index contributed by atoms with van der Waals surface area (Å²) in [5.74, 6) is 0.985. The number of hydrogen-bond donors (Lipinski definition) is 0. The number of hydrogen-bond acceptors (Lipinski definition) is 2. The van der Waals surface area contributed by atoms with E-state index in [1.807, 2.05) is 12.2 Å². The van der Waals surface area contributed by atoms with E-state index in [4.69, 9.17) is 10.5 Å². The summed E-state index contributed by atoms with van der Waals surface area (Å²) in [6.45, 7) is 0. The third-order valence-electron chi connectivity index (χ3n) is 3.67. The minimum Gasteiger partial charge on any atom is -0.192 e. The fraction of sp³-hybridized carbons (Fsp3) is 0.571. The molecule has 0 aliphatic heterocycles. The maximum absolute atomic E-state index is 9.00. The lowest BCUT2D eigenvalue weighted by Crippen LogP contribution is -2.17. The van der Waals surface area contributed by atoms with Crippen LogP contribution in [0.2, 0.25) is 0 Å². The summed E-state index contributed by atoms with van der Waals surface area (Å²) in [5, 5.41) is 18.0. The van der Waals surface area contributed by atoms with Crippen LogP contribution in [-0.2, 0) is 0 Å². The second kappa shape index (κ2) is 4.99. The quantitative estimate of drug-likeness (QED) is 0.617. The van der Waals surface area contributed by atoms with Gasteiger partial charge in [0.1, 0.15) is 12.1 Å². The standard InChI is InChI=1S/C14H16N2/c15-9-13-7-11-5-3-1-2-4-6-12(11)8-14(13)10-16/h7-8,11-12H,1-6H2/t11-,12+.